The predicted octanol–water partition coefficient (Wildman–Crippen LogP) is 2.61. The van der Waals surface area contributed by atoms with Gasteiger partial charge in [-0.3, -0.25) is 0 Å². The second-order valence-electron chi connectivity index (χ2n) is 4.98. The van der Waals surface area contributed by atoms with Gasteiger partial charge in [0, 0.05) is 24.6 Å². The number of nitrogens with one attached hydrogen (secondary N) is 1. The molecule has 0 aromatic heterocycles. The first-order valence-electron chi connectivity index (χ1n) is 6.67. The lowest BCUT2D eigenvalue weighted by Crippen LogP contribution is -2.37. The highest BCUT2D eigenvalue weighted by Gasteiger charge is 2.35. The zero-order chi connectivity index (χ0) is 12.4. The molecule has 1 spiro atoms. The summed E-state index contributed by atoms with van der Waals surface area (Å²) < 4.78 is 11.8. The molecule has 1 fully saturated rings. The van der Waals surface area contributed by atoms with Gasteiger partial charge in [0.05, 0.1) is 6.61 Å². The van der Waals surface area contributed by atoms with Crippen LogP contribution >= 0.6 is 0 Å². The highest BCUT2D eigenvalue weighted by molar-refractivity contribution is 5.62. The largest absolute Gasteiger partial charge is 0.493 e. The number of fused-ring (bicyclic) bond motifs is 1. The Morgan fingerprint density at radius 1 is 1.44 bits per heavy atom. The van der Waals surface area contributed by atoms with Crippen molar-refractivity contribution < 1.29 is 9.47 Å². The lowest BCUT2D eigenvalue weighted by molar-refractivity contribution is 0.138. The maximum absolute atomic E-state index is 6.17. The Kier molecular flexibility index (Phi) is 3.00. The van der Waals surface area contributed by atoms with Crippen LogP contribution in [0.15, 0.2) is 24.3 Å². The summed E-state index contributed by atoms with van der Waals surface area (Å²) >= 11 is 0. The fourth-order valence-electron chi connectivity index (χ4n) is 2.46. The smallest absolute Gasteiger partial charge is 0.141 e. The van der Waals surface area contributed by atoms with Gasteiger partial charge in [0.2, 0.25) is 0 Å². The second kappa shape index (κ2) is 4.65. The number of hydrogen-bond acceptors (Lipinski definition) is 3. The van der Waals surface area contributed by atoms with Gasteiger partial charge in [-0.25, -0.2) is 0 Å². The van der Waals surface area contributed by atoms with E-state index in [0.717, 1.165) is 49.6 Å². The van der Waals surface area contributed by atoms with Crippen LogP contribution < -0.4 is 14.8 Å². The standard InChI is InChI=1S/C15H19NO2/c1-2-9-17-13-4-3-12-5-6-15(7-8-16-11-15)18-14(12)10-13/h3-6,10,16H,2,7-9,11H2,1H3. The number of hydrogen-bond donors (Lipinski definition) is 1. The number of rotatable bonds is 3. The van der Waals surface area contributed by atoms with Crippen molar-refractivity contribution in [2.75, 3.05) is 19.7 Å². The molecule has 3 rings (SSSR count). The molecule has 1 unspecified atom stereocenters. The van der Waals surface area contributed by atoms with Crippen LogP contribution in [-0.2, 0) is 0 Å². The molecule has 0 amide bonds. The van der Waals surface area contributed by atoms with E-state index >= 15 is 0 Å². The summed E-state index contributed by atoms with van der Waals surface area (Å²) in [5.74, 6) is 1.84. The van der Waals surface area contributed by atoms with Gasteiger partial charge in [-0.05, 0) is 31.2 Å². The highest BCUT2D eigenvalue weighted by Crippen LogP contribution is 2.36. The molecule has 3 heteroatoms. The van der Waals surface area contributed by atoms with Crippen molar-refractivity contribution in [2.45, 2.75) is 25.4 Å². The first-order valence-corrected chi connectivity index (χ1v) is 6.67. The fourth-order valence-corrected chi connectivity index (χ4v) is 2.46. The van der Waals surface area contributed by atoms with Crippen LogP contribution in [0.5, 0.6) is 11.5 Å². The minimum Gasteiger partial charge on any atom is -0.493 e. The molecule has 0 radical (unpaired) electrons. The van der Waals surface area contributed by atoms with E-state index in [9.17, 15) is 0 Å². The van der Waals surface area contributed by atoms with Crippen molar-refractivity contribution in [3.05, 3.63) is 29.8 Å². The Morgan fingerprint density at radius 2 is 2.39 bits per heavy atom. The summed E-state index contributed by atoms with van der Waals surface area (Å²) in [6, 6.07) is 6.08. The quantitative estimate of drug-likeness (QED) is 0.888. The number of benzene rings is 1. The maximum Gasteiger partial charge on any atom is 0.141 e. The van der Waals surface area contributed by atoms with E-state index in [-0.39, 0.29) is 5.60 Å². The molecular formula is C15H19NO2. The third kappa shape index (κ3) is 2.10. The fraction of sp³-hybridized carbons (Fsp3) is 0.467. The van der Waals surface area contributed by atoms with E-state index in [1.165, 1.54) is 0 Å². The molecule has 0 aliphatic carbocycles. The van der Waals surface area contributed by atoms with Gasteiger partial charge in [0.1, 0.15) is 17.1 Å². The second-order valence-corrected chi connectivity index (χ2v) is 4.98. The van der Waals surface area contributed by atoms with Crippen LogP contribution in [0.1, 0.15) is 25.3 Å². The Balaban J connectivity index is 1.83. The van der Waals surface area contributed by atoms with E-state index in [2.05, 4.69) is 30.5 Å². The molecule has 1 aromatic rings. The molecule has 18 heavy (non-hydrogen) atoms. The highest BCUT2D eigenvalue weighted by atomic mass is 16.5. The molecule has 1 aromatic carbocycles. The van der Waals surface area contributed by atoms with Crippen molar-refractivity contribution in [1.29, 1.82) is 0 Å². The average molecular weight is 245 g/mol. The SMILES string of the molecule is CCCOc1ccc2c(c1)OC1(C=C2)CCNC1. The summed E-state index contributed by atoms with van der Waals surface area (Å²) in [5.41, 5.74) is 0.993. The summed E-state index contributed by atoms with van der Waals surface area (Å²) in [6.45, 7) is 4.77. The van der Waals surface area contributed by atoms with Crippen LogP contribution in [0.2, 0.25) is 0 Å². The van der Waals surface area contributed by atoms with Crippen molar-refractivity contribution >= 4 is 6.08 Å². The number of ether oxygens (including phenoxy) is 2. The lowest BCUT2D eigenvalue weighted by Gasteiger charge is -2.30. The monoisotopic (exact) mass is 245 g/mol. The third-order valence-corrected chi connectivity index (χ3v) is 3.49. The molecule has 1 N–H and O–H groups in total. The topological polar surface area (TPSA) is 30.5 Å². The van der Waals surface area contributed by atoms with Gasteiger partial charge in [-0.2, -0.15) is 0 Å². The van der Waals surface area contributed by atoms with E-state index in [4.69, 9.17) is 9.47 Å². The van der Waals surface area contributed by atoms with Gasteiger partial charge in [-0.15, -0.1) is 0 Å². The normalized spacial score (nSPS) is 24.9. The third-order valence-electron chi connectivity index (χ3n) is 3.49. The van der Waals surface area contributed by atoms with E-state index in [1.807, 2.05) is 12.1 Å². The molecular weight excluding hydrogens is 226 g/mol. The Bertz CT molecular complexity index is 462. The van der Waals surface area contributed by atoms with Gasteiger partial charge >= 0.3 is 0 Å². The van der Waals surface area contributed by atoms with Crippen molar-refractivity contribution in [3.63, 3.8) is 0 Å². The Labute approximate surface area is 108 Å². The Hall–Kier alpha value is -1.48. The summed E-state index contributed by atoms with van der Waals surface area (Å²) in [7, 11) is 0. The van der Waals surface area contributed by atoms with E-state index < -0.39 is 0 Å². The minimum absolute atomic E-state index is 0.142. The van der Waals surface area contributed by atoms with Crippen LogP contribution in [0.25, 0.3) is 6.08 Å². The Morgan fingerprint density at radius 3 is 3.17 bits per heavy atom. The summed E-state index contributed by atoms with van der Waals surface area (Å²) in [5, 5.41) is 3.35. The van der Waals surface area contributed by atoms with Gasteiger partial charge in [0.15, 0.2) is 0 Å². The minimum atomic E-state index is -0.142. The van der Waals surface area contributed by atoms with Crippen molar-refractivity contribution in [3.8, 4) is 11.5 Å². The maximum atomic E-state index is 6.17. The first-order chi connectivity index (χ1) is 8.81. The van der Waals surface area contributed by atoms with Crippen molar-refractivity contribution in [2.24, 2.45) is 0 Å². The van der Waals surface area contributed by atoms with E-state index in [1.54, 1.807) is 0 Å². The molecule has 3 nitrogen and oxygen atoms in total. The molecule has 1 saturated heterocycles. The van der Waals surface area contributed by atoms with Crippen LogP contribution in [0, 0.1) is 0 Å². The summed E-state index contributed by atoms with van der Waals surface area (Å²) in [6.07, 6.45) is 6.39. The lowest BCUT2D eigenvalue weighted by atomic mass is 9.97. The molecule has 2 heterocycles. The molecule has 2 aliphatic rings. The molecule has 2 aliphatic heterocycles. The molecule has 96 valence electrons. The van der Waals surface area contributed by atoms with Crippen LogP contribution in [0.4, 0.5) is 0 Å². The van der Waals surface area contributed by atoms with Gasteiger partial charge < -0.3 is 14.8 Å². The summed E-state index contributed by atoms with van der Waals surface area (Å²) in [4.78, 5) is 0. The van der Waals surface area contributed by atoms with Crippen LogP contribution in [0.3, 0.4) is 0 Å². The average Bonchev–Trinajstić information content (AvgIpc) is 2.84. The molecule has 0 saturated carbocycles. The van der Waals surface area contributed by atoms with Gasteiger partial charge in [-0.1, -0.05) is 13.0 Å². The van der Waals surface area contributed by atoms with Crippen LogP contribution in [-0.4, -0.2) is 25.3 Å². The zero-order valence-corrected chi connectivity index (χ0v) is 10.7. The van der Waals surface area contributed by atoms with Gasteiger partial charge in [0.25, 0.3) is 0 Å². The molecule has 0 bridgehead atoms. The first kappa shape index (κ1) is 11.6. The van der Waals surface area contributed by atoms with Crippen molar-refractivity contribution in [1.82, 2.24) is 5.32 Å². The molecule has 1 atom stereocenters. The predicted molar refractivity (Wildman–Crippen MR) is 72.1 cm³/mol. The van der Waals surface area contributed by atoms with E-state index in [0.29, 0.717) is 0 Å². The zero-order valence-electron chi connectivity index (χ0n) is 10.7.